The Morgan fingerprint density at radius 2 is 2.16 bits per heavy atom. The molecule has 1 aliphatic carbocycles. The van der Waals surface area contributed by atoms with Crippen LogP contribution < -0.4 is 4.90 Å². The summed E-state index contributed by atoms with van der Waals surface area (Å²) in [6, 6.07) is 8.31. The van der Waals surface area contributed by atoms with Crippen molar-refractivity contribution < 1.29 is 4.79 Å². The van der Waals surface area contributed by atoms with Crippen molar-refractivity contribution in [3.63, 3.8) is 0 Å². The highest BCUT2D eigenvalue weighted by atomic mass is 32.1. The fourth-order valence-electron chi connectivity index (χ4n) is 2.35. The second-order valence-electron chi connectivity index (χ2n) is 4.95. The number of thiazole rings is 1. The Kier molecular flexibility index (Phi) is 3.11. The van der Waals surface area contributed by atoms with Crippen molar-refractivity contribution in [1.29, 1.82) is 0 Å². The Labute approximate surface area is 116 Å². The molecule has 2 aromatic rings. The smallest absolute Gasteiger partial charge is 0.190 e. The van der Waals surface area contributed by atoms with Crippen molar-refractivity contribution in [3.05, 3.63) is 40.4 Å². The molecule has 4 heteroatoms. The third-order valence-corrected chi connectivity index (χ3v) is 4.65. The lowest BCUT2D eigenvalue weighted by Gasteiger charge is -2.16. The molecular weight excluding hydrogens is 256 g/mol. The molecule has 1 aliphatic rings. The summed E-state index contributed by atoms with van der Waals surface area (Å²) >= 11 is 1.52. The average Bonchev–Trinajstić information content (AvgIpc) is 2.83. The van der Waals surface area contributed by atoms with Gasteiger partial charge in [-0.25, -0.2) is 4.98 Å². The van der Waals surface area contributed by atoms with Crippen molar-refractivity contribution in [2.75, 3.05) is 11.9 Å². The van der Waals surface area contributed by atoms with E-state index >= 15 is 0 Å². The average molecular weight is 272 g/mol. The highest BCUT2D eigenvalue weighted by molar-refractivity contribution is 7.17. The zero-order valence-electron chi connectivity index (χ0n) is 11.1. The first kappa shape index (κ1) is 12.4. The largest absolute Gasteiger partial charge is 0.321 e. The number of anilines is 2. The summed E-state index contributed by atoms with van der Waals surface area (Å²) in [5.74, 6) is 0.252. The molecule has 19 heavy (non-hydrogen) atoms. The molecule has 3 nitrogen and oxygen atoms in total. The number of hydrogen-bond acceptors (Lipinski definition) is 4. The Hall–Kier alpha value is -1.68. The van der Waals surface area contributed by atoms with E-state index in [1.165, 1.54) is 16.9 Å². The van der Waals surface area contributed by atoms with Crippen LogP contribution in [0.3, 0.4) is 0 Å². The predicted molar refractivity (Wildman–Crippen MR) is 78.6 cm³/mol. The van der Waals surface area contributed by atoms with Crippen LogP contribution in [0.25, 0.3) is 0 Å². The van der Waals surface area contributed by atoms with Crippen molar-refractivity contribution in [2.45, 2.75) is 26.2 Å². The van der Waals surface area contributed by atoms with Crippen molar-refractivity contribution in [1.82, 2.24) is 4.98 Å². The fraction of sp³-hybridized carbons (Fsp3) is 0.333. The summed E-state index contributed by atoms with van der Waals surface area (Å²) < 4.78 is 0. The molecule has 0 amide bonds. The summed E-state index contributed by atoms with van der Waals surface area (Å²) in [5.41, 5.74) is 3.32. The van der Waals surface area contributed by atoms with Gasteiger partial charge in [-0.3, -0.25) is 4.79 Å². The number of aryl methyl sites for hydroxylation is 2. The molecule has 0 spiro atoms. The van der Waals surface area contributed by atoms with Crippen LogP contribution in [0.5, 0.6) is 0 Å². The lowest BCUT2D eigenvalue weighted by Crippen LogP contribution is -2.09. The summed E-state index contributed by atoms with van der Waals surface area (Å²) in [4.78, 5) is 19.4. The lowest BCUT2D eigenvalue weighted by atomic mass is 10.0. The maximum atomic E-state index is 11.9. The van der Waals surface area contributed by atoms with Gasteiger partial charge in [-0.1, -0.05) is 23.5 Å². The van der Waals surface area contributed by atoms with Crippen LogP contribution in [0.15, 0.2) is 24.3 Å². The van der Waals surface area contributed by atoms with Gasteiger partial charge in [0.25, 0.3) is 0 Å². The Bertz CT molecular complexity index is 633. The SMILES string of the molecule is Cc1cccc(N(C)c2nc3c(s2)C(=O)CCC3)c1. The Balaban J connectivity index is 1.96. The normalized spacial score (nSPS) is 14.3. The van der Waals surface area contributed by atoms with Gasteiger partial charge in [0.2, 0.25) is 0 Å². The van der Waals surface area contributed by atoms with Crippen molar-refractivity contribution in [2.24, 2.45) is 0 Å². The second-order valence-corrected chi connectivity index (χ2v) is 5.92. The molecule has 0 bridgehead atoms. The van der Waals surface area contributed by atoms with Gasteiger partial charge in [-0.15, -0.1) is 0 Å². The topological polar surface area (TPSA) is 33.2 Å². The Morgan fingerprint density at radius 1 is 1.32 bits per heavy atom. The number of hydrogen-bond donors (Lipinski definition) is 0. The zero-order valence-corrected chi connectivity index (χ0v) is 12.0. The van der Waals surface area contributed by atoms with Gasteiger partial charge >= 0.3 is 0 Å². The lowest BCUT2D eigenvalue weighted by molar-refractivity contribution is 0.0976. The van der Waals surface area contributed by atoms with Crippen LogP contribution in [0, 0.1) is 6.92 Å². The van der Waals surface area contributed by atoms with Crippen molar-refractivity contribution in [3.8, 4) is 0 Å². The first-order valence-electron chi connectivity index (χ1n) is 6.48. The molecule has 98 valence electrons. The summed E-state index contributed by atoms with van der Waals surface area (Å²) in [6.45, 7) is 2.08. The molecule has 0 aliphatic heterocycles. The highest BCUT2D eigenvalue weighted by Crippen LogP contribution is 2.34. The number of Topliss-reactive ketones (excluding diaryl/α,β-unsaturated/α-hetero) is 1. The number of nitrogens with zero attached hydrogens (tertiary/aromatic N) is 2. The number of aromatic nitrogens is 1. The monoisotopic (exact) mass is 272 g/mol. The molecular formula is C15H16N2OS. The molecule has 0 saturated heterocycles. The molecule has 1 heterocycles. The van der Waals surface area contributed by atoms with Gasteiger partial charge in [-0.2, -0.15) is 0 Å². The van der Waals surface area contributed by atoms with Crippen LogP contribution in [0.4, 0.5) is 10.8 Å². The van der Waals surface area contributed by atoms with Crippen LogP contribution in [-0.2, 0) is 6.42 Å². The number of carbonyl (C=O) groups excluding carboxylic acids is 1. The summed E-state index contributed by atoms with van der Waals surface area (Å²) in [7, 11) is 2.00. The van der Waals surface area contributed by atoms with Gasteiger partial charge in [0.1, 0.15) is 0 Å². The number of benzene rings is 1. The molecule has 0 saturated carbocycles. The molecule has 0 radical (unpaired) electrons. The minimum atomic E-state index is 0.252. The van der Waals surface area contributed by atoms with E-state index < -0.39 is 0 Å². The predicted octanol–water partition coefficient (Wildman–Crippen LogP) is 3.74. The third-order valence-electron chi connectivity index (χ3n) is 3.43. The summed E-state index contributed by atoms with van der Waals surface area (Å²) in [6.07, 6.45) is 2.53. The van der Waals surface area contributed by atoms with Crippen LogP contribution in [-0.4, -0.2) is 17.8 Å². The van der Waals surface area contributed by atoms with Crippen LogP contribution >= 0.6 is 11.3 Å². The van der Waals surface area contributed by atoms with E-state index in [0.29, 0.717) is 6.42 Å². The van der Waals surface area contributed by atoms with E-state index in [1.807, 2.05) is 13.1 Å². The molecule has 1 aromatic heterocycles. The first-order valence-corrected chi connectivity index (χ1v) is 7.30. The Morgan fingerprint density at radius 3 is 2.89 bits per heavy atom. The van der Waals surface area contributed by atoms with Gasteiger partial charge in [0.15, 0.2) is 10.9 Å². The molecule has 1 aromatic carbocycles. The van der Waals surface area contributed by atoms with Gasteiger partial charge in [-0.05, 0) is 37.5 Å². The van der Waals surface area contributed by atoms with E-state index in [-0.39, 0.29) is 5.78 Å². The number of fused-ring (bicyclic) bond motifs is 1. The molecule has 3 rings (SSSR count). The van der Waals surface area contributed by atoms with Gasteiger partial charge in [0.05, 0.1) is 10.6 Å². The molecule has 0 atom stereocenters. The zero-order chi connectivity index (χ0) is 13.4. The van der Waals surface area contributed by atoms with E-state index in [9.17, 15) is 4.79 Å². The van der Waals surface area contributed by atoms with E-state index in [4.69, 9.17) is 0 Å². The van der Waals surface area contributed by atoms with E-state index in [2.05, 4.69) is 35.0 Å². The van der Waals surface area contributed by atoms with Gasteiger partial charge < -0.3 is 4.90 Å². The van der Waals surface area contributed by atoms with Gasteiger partial charge in [0, 0.05) is 19.2 Å². The van der Waals surface area contributed by atoms with Crippen LogP contribution in [0.1, 0.15) is 33.8 Å². The minimum Gasteiger partial charge on any atom is -0.321 e. The van der Waals surface area contributed by atoms with E-state index in [1.54, 1.807) is 0 Å². The maximum absolute atomic E-state index is 11.9. The standard InChI is InChI=1S/C15H16N2OS/c1-10-5-3-6-11(9-10)17(2)15-16-12-7-4-8-13(18)14(12)19-15/h3,5-6,9H,4,7-8H2,1-2H3. The first-order chi connectivity index (χ1) is 9.15. The number of ketones is 1. The maximum Gasteiger partial charge on any atom is 0.190 e. The quantitative estimate of drug-likeness (QED) is 0.835. The second kappa shape index (κ2) is 4.78. The molecule has 0 N–H and O–H groups in total. The molecule has 0 unspecified atom stereocenters. The number of carbonyl (C=O) groups is 1. The highest BCUT2D eigenvalue weighted by Gasteiger charge is 2.23. The minimum absolute atomic E-state index is 0.252. The van der Waals surface area contributed by atoms with Crippen molar-refractivity contribution >= 4 is 27.9 Å². The number of rotatable bonds is 2. The summed E-state index contributed by atoms with van der Waals surface area (Å²) in [5, 5.41) is 0.908. The molecule has 0 fully saturated rings. The third kappa shape index (κ3) is 2.28. The fourth-order valence-corrected chi connectivity index (χ4v) is 3.41. The van der Waals surface area contributed by atoms with E-state index in [0.717, 1.165) is 34.2 Å². The van der Waals surface area contributed by atoms with Crippen LogP contribution in [0.2, 0.25) is 0 Å².